The Balaban J connectivity index is 1.31. The number of carbonyl (C=O) groups is 2. The number of amides is 1. The van der Waals surface area contributed by atoms with Crippen molar-refractivity contribution in [2.24, 2.45) is 11.8 Å². The van der Waals surface area contributed by atoms with E-state index in [1.165, 1.54) is 19.3 Å². The smallest absolute Gasteiger partial charge is 0.407 e. The van der Waals surface area contributed by atoms with Gasteiger partial charge in [-0.1, -0.05) is 30.3 Å². The standard InChI is InChI=1S/C25H38N2O3/c1-25(2,3)30-24(29)26-22-11-9-19(10-12-22)13-16-27-17-14-21(15-18-27)23(28)20-7-5-4-6-8-20/h4-8,19,21-22H,9-18H2,1-3H3,(H,26,29)/t19-,22-. The number of nitrogens with one attached hydrogen (secondary N) is 1. The van der Waals surface area contributed by atoms with Gasteiger partial charge in [0, 0.05) is 17.5 Å². The van der Waals surface area contributed by atoms with Crippen LogP contribution in [0.3, 0.4) is 0 Å². The summed E-state index contributed by atoms with van der Waals surface area (Å²) in [5.41, 5.74) is 0.410. The van der Waals surface area contributed by atoms with Gasteiger partial charge in [0.05, 0.1) is 0 Å². The summed E-state index contributed by atoms with van der Waals surface area (Å²) in [7, 11) is 0. The van der Waals surface area contributed by atoms with E-state index in [1.807, 2.05) is 51.1 Å². The molecule has 1 aromatic rings. The van der Waals surface area contributed by atoms with Crippen LogP contribution in [0.1, 0.15) is 76.1 Å². The number of hydrogen-bond donors (Lipinski definition) is 1. The van der Waals surface area contributed by atoms with Crippen LogP contribution in [0.5, 0.6) is 0 Å². The fraction of sp³-hybridized carbons (Fsp3) is 0.680. The van der Waals surface area contributed by atoms with Crippen molar-refractivity contribution in [1.29, 1.82) is 0 Å². The summed E-state index contributed by atoms with van der Waals surface area (Å²) in [6.45, 7) is 8.86. The zero-order valence-corrected chi connectivity index (χ0v) is 18.9. The van der Waals surface area contributed by atoms with Crippen LogP contribution in [-0.2, 0) is 4.74 Å². The number of Topliss-reactive ketones (excluding diaryl/α,β-unsaturated/α-hetero) is 1. The van der Waals surface area contributed by atoms with Crippen molar-refractivity contribution in [2.75, 3.05) is 19.6 Å². The molecule has 1 amide bonds. The molecule has 0 unspecified atom stereocenters. The number of rotatable bonds is 6. The summed E-state index contributed by atoms with van der Waals surface area (Å²) in [6, 6.07) is 9.96. The molecule has 1 aliphatic carbocycles. The second-order valence-electron chi connectivity index (χ2n) is 10.00. The van der Waals surface area contributed by atoms with Crippen molar-refractivity contribution in [3.63, 3.8) is 0 Å². The van der Waals surface area contributed by atoms with E-state index in [-0.39, 0.29) is 18.1 Å². The molecule has 2 aliphatic rings. The van der Waals surface area contributed by atoms with Crippen LogP contribution in [0.25, 0.3) is 0 Å². The van der Waals surface area contributed by atoms with Crippen molar-refractivity contribution in [1.82, 2.24) is 10.2 Å². The highest BCUT2D eigenvalue weighted by Crippen LogP contribution is 2.28. The highest BCUT2D eigenvalue weighted by molar-refractivity contribution is 5.97. The van der Waals surface area contributed by atoms with Crippen molar-refractivity contribution < 1.29 is 14.3 Å². The van der Waals surface area contributed by atoms with Gasteiger partial charge in [-0.3, -0.25) is 4.79 Å². The van der Waals surface area contributed by atoms with Crippen LogP contribution in [-0.4, -0.2) is 48.1 Å². The number of nitrogens with zero attached hydrogens (tertiary/aromatic N) is 1. The molecule has 30 heavy (non-hydrogen) atoms. The number of carbonyl (C=O) groups excluding carboxylic acids is 2. The molecule has 1 N–H and O–H groups in total. The van der Waals surface area contributed by atoms with Gasteiger partial charge in [0.1, 0.15) is 5.60 Å². The number of ether oxygens (including phenoxy) is 1. The van der Waals surface area contributed by atoms with Crippen LogP contribution >= 0.6 is 0 Å². The summed E-state index contributed by atoms with van der Waals surface area (Å²) in [5.74, 6) is 1.23. The number of benzene rings is 1. The van der Waals surface area contributed by atoms with Gasteiger partial charge < -0.3 is 15.0 Å². The third kappa shape index (κ3) is 7.12. The van der Waals surface area contributed by atoms with Gasteiger partial charge >= 0.3 is 6.09 Å². The van der Waals surface area contributed by atoms with Gasteiger partial charge in [0.2, 0.25) is 0 Å². The van der Waals surface area contributed by atoms with Gasteiger partial charge in [-0.05, 0) is 91.3 Å². The van der Waals surface area contributed by atoms with E-state index in [0.717, 1.165) is 56.8 Å². The normalized spacial score (nSPS) is 23.7. The Bertz CT molecular complexity index is 682. The summed E-state index contributed by atoms with van der Waals surface area (Å²) >= 11 is 0. The second-order valence-corrected chi connectivity index (χ2v) is 10.00. The molecule has 0 radical (unpaired) electrons. The maximum atomic E-state index is 12.6. The third-order valence-electron chi connectivity index (χ3n) is 6.44. The number of likely N-dealkylation sites (tertiary alicyclic amines) is 1. The van der Waals surface area contributed by atoms with E-state index in [2.05, 4.69) is 10.2 Å². The maximum Gasteiger partial charge on any atom is 0.407 e. The van der Waals surface area contributed by atoms with E-state index < -0.39 is 5.60 Å². The van der Waals surface area contributed by atoms with Gasteiger partial charge in [-0.25, -0.2) is 4.79 Å². The molecule has 2 fully saturated rings. The van der Waals surface area contributed by atoms with Gasteiger partial charge in [0.15, 0.2) is 5.78 Å². The Morgan fingerprint density at radius 3 is 2.23 bits per heavy atom. The molecule has 5 heteroatoms. The predicted octanol–water partition coefficient (Wildman–Crippen LogP) is 5.05. The molecule has 1 saturated heterocycles. The van der Waals surface area contributed by atoms with E-state index in [1.54, 1.807) is 0 Å². The number of ketones is 1. The minimum absolute atomic E-state index is 0.179. The Morgan fingerprint density at radius 2 is 1.63 bits per heavy atom. The molecular formula is C25H38N2O3. The zero-order chi connectivity index (χ0) is 21.6. The Kier molecular flexibility index (Phi) is 7.93. The Labute approximate surface area is 181 Å². The van der Waals surface area contributed by atoms with Gasteiger partial charge in [0.25, 0.3) is 0 Å². The fourth-order valence-electron chi connectivity index (χ4n) is 4.69. The summed E-state index contributed by atoms with van der Waals surface area (Å²) < 4.78 is 5.37. The van der Waals surface area contributed by atoms with Crippen LogP contribution in [0.15, 0.2) is 30.3 Å². The lowest BCUT2D eigenvalue weighted by atomic mass is 9.83. The lowest BCUT2D eigenvalue weighted by molar-refractivity contribution is 0.0485. The molecular weight excluding hydrogens is 376 g/mol. The average Bonchev–Trinajstić information content (AvgIpc) is 2.72. The molecule has 1 heterocycles. The third-order valence-corrected chi connectivity index (χ3v) is 6.44. The van der Waals surface area contributed by atoms with Crippen molar-refractivity contribution >= 4 is 11.9 Å². The molecule has 0 atom stereocenters. The quantitative estimate of drug-likeness (QED) is 0.662. The van der Waals surface area contributed by atoms with E-state index in [0.29, 0.717) is 5.78 Å². The predicted molar refractivity (Wildman–Crippen MR) is 120 cm³/mol. The van der Waals surface area contributed by atoms with Crippen molar-refractivity contribution in [3.8, 4) is 0 Å². The molecule has 5 nitrogen and oxygen atoms in total. The minimum Gasteiger partial charge on any atom is -0.444 e. The molecule has 1 saturated carbocycles. The molecule has 0 bridgehead atoms. The first-order valence-corrected chi connectivity index (χ1v) is 11.6. The zero-order valence-electron chi connectivity index (χ0n) is 18.9. The Morgan fingerprint density at radius 1 is 1.00 bits per heavy atom. The summed E-state index contributed by atoms with van der Waals surface area (Å²) in [4.78, 5) is 27.1. The molecule has 1 aliphatic heterocycles. The first-order chi connectivity index (χ1) is 14.3. The first kappa shape index (κ1) is 22.8. The van der Waals surface area contributed by atoms with E-state index in [4.69, 9.17) is 4.74 Å². The van der Waals surface area contributed by atoms with Gasteiger partial charge in [-0.2, -0.15) is 0 Å². The lowest BCUT2D eigenvalue weighted by Gasteiger charge is -2.34. The van der Waals surface area contributed by atoms with Crippen LogP contribution in [0.4, 0.5) is 4.79 Å². The largest absolute Gasteiger partial charge is 0.444 e. The van der Waals surface area contributed by atoms with E-state index >= 15 is 0 Å². The second kappa shape index (κ2) is 10.4. The number of hydrogen-bond acceptors (Lipinski definition) is 4. The van der Waals surface area contributed by atoms with E-state index in [9.17, 15) is 9.59 Å². The van der Waals surface area contributed by atoms with Crippen LogP contribution in [0, 0.1) is 11.8 Å². The van der Waals surface area contributed by atoms with Gasteiger partial charge in [-0.15, -0.1) is 0 Å². The number of alkyl carbamates (subject to hydrolysis) is 1. The highest BCUT2D eigenvalue weighted by Gasteiger charge is 2.28. The topological polar surface area (TPSA) is 58.6 Å². The fourth-order valence-corrected chi connectivity index (χ4v) is 4.69. The summed E-state index contributed by atoms with van der Waals surface area (Å²) in [5, 5.41) is 3.03. The average molecular weight is 415 g/mol. The number of piperidine rings is 1. The lowest BCUT2D eigenvalue weighted by Crippen LogP contribution is -2.41. The van der Waals surface area contributed by atoms with Crippen molar-refractivity contribution in [3.05, 3.63) is 35.9 Å². The molecule has 0 spiro atoms. The first-order valence-electron chi connectivity index (χ1n) is 11.6. The van der Waals surface area contributed by atoms with Crippen LogP contribution < -0.4 is 5.32 Å². The SMILES string of the molecule is CC(C)(C)OC(=O)N[C@H]1CC[C@H](CCN2CCC(C(=O)c3ccccc3)CC2)CC1. The minimum atomic E-state index is -0.444. The van der Waals surface area contributed by atoms with Crippen LogP contribution in [0.2, 0.25) is 0 Å². The molecule has 166 valence electrons. The molecule has 3 rings (SSSR count). The monoisotopic (exact) mass is 414 g/mol. The van der Waals surface area contributed by atoms with Crippen molar-refractivity contribution in [2.45, 2.75) is 77.4 Å². The Hall–Kier alpha value is -1.88. The summed E-state index contributed by atoms with van der Waals surface area (Å²) in [6.07, 6.45) is 7.29. The molecule has 1 aromatic carbocycles. The maximum absolute atomic E-state index is 12.6. The molecule has 0 aromatic heterocycles. The highest BCUT2D eigenvalue weighted by atomic mass is 16.6.